The largest absolute Gasteiger partial charge is 0.495 e. The van der Waals surface area contributed by atoms with Crippen molar-refractivity contribution < 1.29 is 14.3 Å². The molecule has 1 fully saturated rings. The number of fused-ring (bicyclic) bond motifs is 1. The van der Waals surface area contributed by atoms with E-state index in [4.69, 9.17) is 14.5 Å². The maximum atomic E-state index is 12.3. The van der Waals surface area contributed by atoms with Gasteiger partial charge in [-0.2, -0.15) is 0 Å². The van der Waals surface area contributed by atoms with Crippen LogP contribution in [0.4, 0.5) is 5.82 Å². The van der Waals surface area contributed by atoms with E-state index < -0.39 is 0 Å². The Bertz CT molecular complexity index is 988. The molecule has 1 aliphatic rings. The smallest absolute Gasteiger partial charge is 0.239 e. The van der Waals surface area contributed by atoms with Crippen LogP contribution in [0.15, 0.2) is 42.9 Å². The molecule has 1 amide bonds. The quantitative estimate of drug-likeness (QED) is 0.725. The van der Waals surface area contributed by atoms with E-state index in [9.17, 15) is 4.79 Å². The topological polar surface area (TPSA) is 89.5 Å². The average molecular weight is 379 g/mol. The molecule has 0 saturated carbocycles. The third-order valence-corrected chi connectivity index (χ3v) is 4.56. The van der Waals surface area contributed by atoms with Crippen LogP contribution in [0.2, 0.25) is 0 Å². The molecule has 0 atom stereocenters. The zero-order valence-electron chi connectivity index (χ0n) is 15.6. The molecule has 4 heterocycles. The number of nitrogens with zero attached hydrogens (tertiary/aromatic N) is 4. The Balaban J connectivity index is 1.53. The van der Waals surface area contributed by atoms with E-state index in [1.54, 1.807) is 31.8 Å². The van der Waals surface area contributed by atoms with Crippen molar-refractivity contribution >= 4 is 22.6 Å². The van der Waals surface area contributed by atoms with Crippen molar-refractivity contribution in [3.05, 3.63) is 42.9 Å². The second-order valence-electron chi connectivity index (χ2n) is 6.51. The number of rotatable bonds is 5. The monoisotopic (exact) mass is 379 g/mol. The fraction of sp³-hybridized carbons (Fsp3) is 0.300. The standard InChI is InChI=1S/C20H21N5O3/c1-27-16-8-15(10-21-12-16)17-3-2-14-11-22-19(9-18(14)23-17)24-20(26)13-25-4-6-28-7-5-25/h2-3,8-12H,4-7,13H2,1H3,(H,22,24,26). The summed E-state index contributed by atoms with van der Waals surface area (Å²) < 4.78 is 10.5. The Labute approximate surface area is 162 Å². The molecule has 144 valence electrons. The van der Waals surface area contributed by atoms with Crippen molar-refractivity contribution in [1.82, 2.24) is 19.9 Å². The van der Waals surface area contributed by atoms with E-state index in [0.717, 1.165) is 35.2 Å². The van der Waals surface area contributed by atoms with Gasteiger partial charge in [-0.05, 0) is 18.2 Å². The fourth-order valence-electron chi connectivity index (χ4n) is 3.06. The van der Waals surface area contributed by atoms with Crippen LogP contribution in [0.3, 0.4) is 0 Å². The minimum absolute atomic E-state index is 0.0955. The number of anilines is 1. The predicted molar refractivity (Wildman–Crippen MR) is 105 cm³/mol. The third kappa shape index (κ3) is 4.24. The van der Waals surface area contributed by atoms with Crippen molar-refractivity contribution in [1.29, 1.82) is 0 Å². The van der Waals surface area contributed by atoms with Crippen LogP contribution in [0.1, 0.15) is 0 Å². The molecule has 0 bridgehead atoms. The van der Waals surface area contributed by atoms with Crippen LogP contribution in [-0.2, 0) is 9.53 Å². The van der Waals surface area contributed by atoms with Crippen LogP contribution >= 0.6 is 0 Å². The van der Waals surface area contributed by atoms with Gasteiger partial charge in [-0.1, -0.05) is 0 Å². The lowest BCUT2D eigenvalue weighted by molar-refractivity contribution is -0.118. The van der Waals surface area contributed by atoms with Gasteiger partial charge in [0.05, 0.1) is 44.3 Å². The first-order valence-electron chi connectivity index (χ1n) is 9.07. The highest BCUT2D eigenvalue weighted by molar-refractivity contribution is 5.93. The van der Waals surface area contributed by atoms with Gasteiger partial charge in [0.1, 0.15) is 11.6 Å². The summed E-state index contributed by atoms with van der Waals surface area (Å²) in [6, 6.07) is 7.53. The summed E-state index contributed by atoms with van der Waals surface area (Å²) in [6.45, 7) is 3.17. The lowest BCUT2D eigenvalue weighted by Crippen LogP contribution is -2.41. The van der Waals surface area contributed by atoms with E-state index >= 15 is 0 Å². The molecule has 0 unspecified atom stereocenters. The van der Waals surface area contributed by atoms with Gasteiger partial charge in [-0.25, -0.2) is 9.97 Å². The molecule has 0 aromatic carbocycles. The minimum Gasteiger partial charge on any atom is -0.495 e. The van der Waals surface area contributed by atoms with Gasteiger partial charge in [0, 0.05) is 42.5 Å². The van der Waals surface area contributed by atoms with E-state index in [1.165, 1.54) is 0 Å². The van der Waals surface area contributed by atoms with Gasteiger partial charge >= 0.3 is 0 Å². The lowest BCUT2D eigenvalue weighted by atomic mass is 10.1. The van der Waals surface area contributed by atoms with Crippen LogP contribution in [0, 0.1) is 0 Å². The first-order chi connectivity index (χ1) is 13.7. The molecule has 28 heavy (non-hydrogen) atoms. The maximum absolute atomic E-state index is 12.3. The number of hydrogen-bond donors (Lipinski definition) is 1. The van der Waals surface area contributed by atoms with Gasteiger partial charge in [-0.15, -0.1) is 0 Å². The number of morpholine rings is 1. The van der Waals surface area contributed by atoms with E-state index in [2.05, 4.69) is 20.2 Å². The number of methoxy groups -OCH3 is 1. The van der Waals surface area contributed by atoms with Gasteiger partial charge in [0.25, 0.3) is 0 Å². The van der Waals surface area contributed by atoms with E-state index in [0.29, 0.717) is 31.3 Å². The third-order valence-electron chi connectivity index (χ3n) is 4.56. The number of carbonyl (C=O) groups excluding carboxylic acids is 1. The van der Waals surface area contributed by atoms with Crippen LogP contribution in [0.25, 0.3) is 22.2 Å². The second-order valence-corrected chi connectivity index (χ2v) is 6.51. The molecular formula is C20H21N5O3. The number of aromatic nitrogens is 3. The first-order valence-corrected chi connectivity index (χ1v) is 9.07. The molecule has 1 aliphatic heterocycles. The van der Waals surface area contributed by atoms with Crippen LogP contribution in [0.5, 0.6) is 5.75 Å². The van der Waals surface area contributed by atoms with Crippen LogP contribution < -0.4 is 10.1 Å². The zero-order chi connectivity index (χ0) is 19.3. The molecule has 0 radical (unpaired) electrons. The van der Waals surface area contributed by atoms with E-state index in [-0.39, 0.29) is 5.91 Å². The van der Waals surface area contributed by atoms with Gasteiger partial charge in [0.2, 0.25) is 5.91 Å². The van der Waals surface area contributed by atoms with Crippen molar-refractivity contribution in [3.8, 4) is 17.0 Å². The van der Waals surface area contributed by atoms with Crippen molar-refractivity contribution in [3.63, 3.8) is 0 Å². The first kappa shape index (κ1) is 18.3. The summed E-state index contributed by atoms with van der Waals surface area (Å²) >= 11 is 0. The Morgan fingerprint density at radius 3 is 2.89 bits per heavy atom. The fourth-order valence-corrected chi connectivity index (χ4v) is 3.06. The highest BCUT2D eigenvalue weighted by Gasteiger charge is 2.14. The summed E-state index contributed by atoms with van der Waals surface area (Å²) in [4.78, 5) is 27.6. The van der Waals surface area contributed by atoms with Crippen molar-refractivity contribution in [2.45, 2.75) is 0 Å². The number of nitrogens with one attached hydrogen (secondary N) is 1. The summed E-state index contributed by atoms with van der Waals surface area (Å²) in [5, 5.41) is 3.75. The van der Waals surface area contributed by atoms with Crippen LogP contribution in [-0.4, -0.2) is 65.7 Å². The Kier molecular flexibility index (Phi) is 5.41. The van der Waals surface area contributed by atoms with Gasteiger partial charge in [0.15, 0.2) is 0 Å². The molecule has 1 N–H and O–H groups in total. The minimum atomic E-state index is -0.0955. The highest BCUT2D eigenvalue weighted by atomic mass is 16.5. The van der Waals surface area contributed by atoms with Crippen molar-refractivity contribution in [2.75, 3.05) is 45.3 Å². The highest BCUT2D eigenvalue weighted by Crippen LogP contribution is 2.24. The normalized spacial score (nSPS) is 14.8. The maximum Gasteiger partial charge on any atom is 0.239 e. The Hall–Kier alpha value is -3.10. The van der Waals surface area contributed by atoms with Gasteiger partial charge < -0.3 is 14.8 Å². The summed E-state index contributed by atoms with van der Waals surface area (Å²) in [7, 11) is 1.60. The molecule has 1 saturated heterocycles. The number of pyridine rings is 3. The zero-order valence-corrected chi connectivity index (χ0v) is 15.6. The molecule has 0 spiro atoms. The number of amides is 1. The molecule has 0 aliphatic carbocycles. The molecule has 8 nitrogen and oxygen atoms in total. The lowest BCUT2D eigenvalue weighted by Gasteiger charge is -2.25. The number of carbonyl (C=O) groups is 1. The summed E-state index contributed by atoms with van der Waals surface area (Å²) in [6.07, 6.45) is 5.10. The number of ether oxygens (including phenoxy) is 2. The Morgan fingerprint density at radius 1 is 1.21 bits per heavy atom. The summed E-state index contributed by atoms with van der Waals surface area (Å²) in [5.74, 6) is 1.06. The molecule has 4 rings (SSSR count). The SMILES string of the molecule is COc1cncc(-c2ccc3cnc(NC(=O)CN4CCOCC4)cc3n2)c1. The molecular weight excluding hydrogens is 358 g/mol. The van der Waals surface area contributed by atoms with Crippen molar-refractivity contribution in [2.24, 2.45) is 0 Å². The molecule has 8 heteroatoms. The molecule has 3 aromatic rings. The number of hydrogen-bond acceptors (Lipinski definition) is 7. The molecule has 3 aromatic heterocycles. The predicted octanol–water partition coefficient (Wildman–Crippen LogP) is 1.97. The van der Waals surface area contributed by atoms with E-state index in [1.807, 2.05) is 18.2 Å². The average Bonchev–Trinajstić information content (AvgIpc) is 2.74. The summed E-state index contributed by atoms with van der Waals surface area (Å²) in [5.41, 5.74) is 2.38. The second kappa shape index (κ2) is 8.28. The van der Waals surface area contributed by atoms with Gasteiger partial charge in [-0.3, -0.25) is 14.7 Å². The Morgan fingerprint density at radius 2 is 2.07 bits per heavy atom.